The fourth-order valence-corrected chi connectivity index (χ4v) is 17.2. The number of hydrogen-bond acceptors (Lipinski definition) is 4. The van der Waals surface area contributed by atoms with Crippen LogP contribution >= 0.6 is 0 Å². The third kappa shape index (κ3) is 13.3. The number of hydrogen-bond donors (Lipinski definition) is 0. The van der Waals surface area contributed by atoms with E-state index in [0.717, 1.165) is 18.0 Å². The molecule has 0 aromatic heterocycles. The molecule has 0 N–H and O–H groups in total. The average molecular weight is 423 g/mol. The van der Waals surface area contributed by atoms with E-state index in [1.54, 1.807) is 0 Å². The van der Waals surface area contributed by atoms with Crippen LogP contribution in [0.2, 0.25) is 65.0 Å². The topological polar surface area (TPSA) is 36.9 Å². The highest BCUT2D eigenvalue weighted by molar-refractivity contribution is 6.90. The molecule has 4 nitrogen and oxygen atoms in total. The Hall–Kier alpha value is 0.448. The van der Waals surface area contributed by atoms with Crippen molar-refractivity contribution in [3.8, 4) is 0 Å². The van der Waals surface area contributed by atoms with Gasteiger partial charge in [0.15, 0.2) is 25.0 Å². The number of ether oxygens (including phenoxy) is 1. The van der Waals surface area contributed by atoms with Crippen LogP contribution in [-0.2, 0) is 17.1 Å². The van der Waals surface area contributed by atoms with Gasteiger partial charge in [-0.1, -0.05) is 19.1 Å². The normalized spacial score (nSPS) is 15.3. The summed E-state index contributed by atoms with van der Waals surface area (Å²) in [5.41, 5.74) is 1.04. The molecule has 1 atom stereocenters. The second kappa shape index (κ2) is 9.58. The molecule has 8 heteroatoms. The lowest BCUT2D eigenvalue weighted by atomic mass is 10.3. The summed E-state index contributed by atoms with van der Waals surface area (Å²) >= 11 is 0. The summed E-state index contributed by atoms with van der Waals surface area (Å²) < 4.78 is 26.2. The van der Waals surface area contributed by atoms with E-state index >= 15 is 0 Å². The standard InChI is InChI=1S/C17H42O4Si4/c1-13-17(18-14-16(2)3)15-25(19-22(4,5)6,20-23(7,8)9)21-24(10,11)12/h17H,2,13-15H2,1,3-12H3. The monoisotopic (exact) mass is 422 g/mol. The fourth-order valence-electron chi connectivity index (χ4n) is 2.45. The average Bonchev–Trinajstić information content (AvgIpc) is 2.27. The second-order valence-electron chi connectivity index (χ2n) is 9.83. The molecule has 0 aliphatic carbocycles. The molecular formula is C17H42O4Si4. The summed E-state index contributed by atoms with van der Waals surface area (Å²) in [6, 6.07) is 0.732. The first-order valence-corrected chi connectivity index (χ1v) is 21.5. The maximum atomic E-state index is 6.72. The molecule has 0 aromatic rings. The summed E-state index contributed by atoms with van der Waals surface area (Å²) in [5.74, 6) is 0. The Bertz CT molecular complexity index is 381. The molecular weight excluding hydrogens is 381 g/mol. The molecule has 0 rings (SSSR count). The van der Waals surface area contributed by atoms with Crippen molar-refractivity contribution in [2.45, 2.75) is 91.3 Å². The van der Waals surface area contributed by atoms with E-state index in [2.05, 4.69) is 72.4 Å². The van der Waals surface area contributed by atoms with E-state index in [1.807, 2.05) is 6.92 Å². The Morgan fingerprint density at radius 1 is 0.800 bits per heavy atom. The lowest BCUT2D eigenvalue weighted by molar-refractivity contribution is 0.0687. The zero-order valence-corrected chi connectivity index (χ0v) is 22.5. The molecule has 1 unspecified atom stereocenters. The van der Waals surface area contributed by atoms with Crippen LogP contribution in [0.4, 0.5) is 0 Å². The summed E-state index contributed by atoms with van der Waals surface area (Å²) in [7, 11) is -8.33. The van der Waals surface area contributed by atoms with Crippen molar-refractivity contribution in [2.75, 3.05) is 6.61 Å². The summed E-state index contributed by atoms with van der Waals surface area (Å²) in [6.45, 7) is 28.6. The van der Waals surface area contributed by atoms with Crippen LogP contribution in [0.5, 0.6) is 0 Å². The van der Waals surface area contributed by atoms with Gasteiger partial charge in [-0.3, -0.25) is 0 Å². The van der Waals surface area contributed by atoms with Gasteiger partial charge >= 0.3 is 8.80 Å². The van der Waals surface area contributed by atoms with E-state index in [0.29, 0.717) is 6.61 Å². The van der Waals surface area contributed by atoms with Crippen LogP contribution in [0.3, 0.4) is 0 Å². The van der Waals surface area contributed by atoms with Crippen molar-refractivity contribution in [3.63, 3.8) is 0 Å². The third-order valence-corrected chi connectivity index (χ3v) is 14.9. The molecule has 0 aromatic carbocycles. The minimum absolute atomic E-state index is 0.0763. The maximum absolute atomic E-state index is 6.72. The predicted octanol–water partition coefficient (Wildman–Crippen LogP) is 5.85. The van der Waals surface area contributed by atoms with Crippen LogP contribution in [0.25, 0.3) is 0 Å². The van der Waals surface area contributed by atoms with E-state index in [-0.39, 0.29) is 6.10 Å². The van der Waals surface area contributed by atoms with Gasteiger partial charge in [-0.15, -0.1) is 0 Å². The Morgan fingerprint density at radius 2 is 1.16 bits per heavy atom. The molecule has 0 aliphatic rings. The quantitative estimate of drug-likeness (QED) is 0.292. The maximum Gasteiger partial charge on any atom is 0.472 e. The Balaban J connectivity index is 5.72. The van der Waals surface area contributed by atoms with Crippen molar-refractivity contribution >= 4 is 33.8 Å². The minimum atomic E-state index is -2.83. The molecule has 0 spiro atoms. The van der Waals surface area contributed by atoms with Crippen molar-refractivity contribution in [2.24, 2.45) is 0 Å². The zero-order chi connectivity index (χ0) is 20.1. The molecule has 0 bridgehead atoms. The second-order valence-corrected chi connectivity index (χ2v) is 26.7. The Labute approximate surface area is 161 Å². The van der Waals surface area contributed by atoms with Gasteiger partial charge in [0.1, 0.15) is 0 Å². The molecule has 0 heterocycles. The highest BCUT2D eigenvalue weighted by Gasteiger charge is 2.51. The van der Waals surface area contributed by atoms with E-state index in [1.165, 1.54) is 0 Å². The van der Waals surface area contributed by atoms with Crippen LogP contribution in [0.1, 0.15) is 20.3 Å². The van der Waals surface area contributed by atoms with Crippen molar-refractivity contribution < 1.29 is 17.1 Å². The highest BCUT2D eigenvalue weighted by Crippen LogP contribution is 2.31. The summed E-state index contributed by atoms with van der Waals surface area (Å²) in [6.07, 6.45) is 0.994. The highest BCUT2D eigenvalue weighted by atomic mass is 28.5. The Kier molecular flexibility index (Phi) is 9.76. The summed E-state index contributed by atoms with van der Waals surface area (Å²) in [4.78, 5) is 0. The van der Waals surface area contributed by atoms with E-state index in [9.17, 15) is 0 Å². The lowest BCUT2D eigenvalue weighted by Gasteiger charge is -2.44. The first-order chi connectivity index (χ1) is 11.0. The van der Waals surface area contributed by atoms with Gasteiger partial charge in [-0.25, -0.2) is 0 Å². The van der Waals surface area contributed by atoms with Gasteiger partial charge in [0.2, 0.25) is 0 Å². The van der Waals surface area contributed by atoms with Crippen molar-refractivity contribution in [3.05, 3.63) is 12.2 Å². The zero-order valence-electron chi connectivity index (χ0n) is 18.5. The number of rotatable bonds is 12. The van der Waals surface area contributed by atoms with Gasteiger partial charge in [-0.2, -0.15) is 0 Å². The molecule has 25 heavy (non-hydrogen) atoms. The van der Waals surface area contributed by atoms with Gasteiger partial charge in [0, 0.05) is 6.04 Å². The molecule has 0 saturated heterocycles. The minimum Gasteiger partial charge on any atom is -0.417 e. The molecule has 0 fully saturated rings. The molecule has 0 aliphatic heterocycles. The molecule has 0 saturated carbocycles. The van der Waals surface area contributed by atoms with Gasteiger partial charge < -0.3 is 17.1 Å². The Morgan fingerprint density at radius 3 is 1.40 bits per heavy atom. The fraction of sp³-hybridized carbons (Fsp3) is 0.882. The van der Waals surface area contributed by atoms with E-state index < -0.39 is 33.8 Å². The van der Waals surface area contributed by atoms with Crippen LogP contribution < -0.4 is 0 Å². The molecule has 0 radical (unpaired) electrons. The third-order valence-electron chi connectivity index (χ3n) is 2.88. The van der Waals surface area contributed by atoms with Gasteiger partial charge in [0.05, 0.1) is 12.7 Å². The van der Waals surface area contributed by atoms with Crippen molar-refractivity contribution in [1.29, 1.82) is 0 Å². The smallest absolute Gasteiger partial charge is 0.417 e. The predicted molar refractivity (Wildman–Crippen MR) is 119 cm³/mol. The van der Waals surface area contributed by atoms with Crippen LogP contribution in [0.15, 0.2) is 12.2 Å². The van der Waals surface area contributed by atoms with E-state index in [4.69, 9.17) is 17.1 Å². The van der Waals surface area contributed by atoms with Crippen molar-refractivity contribution in [1.82, 2.24) is 0 Å². The first-order valence-electron chi connectivity index (χ1n) is 9.33. The largest absolute Gasteiger partial charge is 0.472 e. The first kappa shape index (κ1) is 25.4. The SMILES string of the molecule is C=C(C)COC(CC)C[Si](O[Si](C)(C)C)(O[Si](C)(C)C)O[Si](C)(C)C. The van der Waals surface area contributed by atoms with Gasteiger partial charge in [0.25, 0.3) is 0 Å². The van der Waals surface area contributed by atoms with Crippen LogP contribution in [-0.4, -0.2) is 46.5 Å². The van der Waals surface area contributed by atoms with Crippen LogP contribution in [0, 0.1) is 0 Å². The molecule has 0 amide bonds. The summed E-state index contributed by atoms with van der Waals surface area (Å²) in [5, 5.41) is 0. The molecule has 150 valence electrons. The lowest BCUT2D eigenvalue weighted by Crippen LogP contribution is -2.61. The van der Waals surface area contributed by atoms with Gasteiger partial charge in [-0.05, 0) is 72.3 Å².